The Morgan fingerprint density at radius 3 is 2.68 bits per heavy atom. The first kappa shape index (κ1) is 14.4. The highest BCUT2D eigenvalue weighted by Gasteiger charge is 2.31. The van der Waals surface area contributed by atoms with Gasteiger partial charge in [-0.3, -0.25) is 9.59 Å². The molecule has 1 unspecified atom stereocenters. The zero-order valence-electron chi connectivity index (χ0n) is 12.2. The first-order valence-corrected chi connectivity index (χ1v) is 7.42. The largest absolute Gasteiger partial charge is 0.481 e. The van der Waals surface area contributed by atoms with E-state index in [-0.39, 0.29) is 18.4 Å². The molecule has 0 aliphatic carbocycles. The van der Waals surface area contributed by atoms with E-state index in [1.54, 1.807) is 11.0 Å². The standard InChI is InChI=1S/C17H18N2O3/c20-16(21)11-13-7-4-10-19(13)17(22)15-9-8-14(18-15)12-5-2-1-3-6-12/h1-3,5-6,8-9,13,18H,4,7,10-11H2,(H,20,21). The van der Waals surface area contributed by atoms with Crippen LogP contribution in [0.25, 0.3) is 11.3 Å². The second kappa shape index (κ2) is 6.05. The number of hydrogen-bond donors (Lipinski definition) is 2. The van der Waals surface area contributed by atoms with Gasteiger partial charge in [-0.2, -0.15) is 0 Å². The molecule has 0 saturated carbocycles. The van der Waals surface area contributed by atoms with E-state index in [9.17, 15) is 9.59 Å². The number of carbonyl (C=O) groups excluding carboxylic acids is 1. The van der Waals surface area contributed by atoms with Gasteiger partial charge in [0.2, 0.25) is 0 Å². The zero-order chi connectivity index (χ0) is 15.5. The van der Waals surface area contributed by atoms with Gasteiger partial charge in [-0.25, -0.2) is 0 Å². The Morgan fingerprint density at radius 1 is 1.18 bits per heavy atom. The summed E-state index contributed by atoms with van der Waals surface area (Å²) >= 11 is 0. The number of H-pyrrole nitrogens is 1. The Balaban J connectivity index is 1.78. The normalized spacial score (nSPS) is 17.6. The van der Waals surface area contributed by atoms with E-state index in [1.165, 1.54) is 0 Å². The molecule has 2 aromatic rings. The number of nitrogens with one attached hydrogen (secondary N) is 1. The molecule has 1 atom stereocenters. The average molecular weight is 298 g/mol. The maximum Gasteiger partial charge on any atom is 0.305 e. The fourth-order valence-electron chi connectivity index (χ4n) is 2.98. The number of likely N-dealkylation sites (tertiary alicyclic amines) is 1. The van der Waals surface area contributed by atoms with Gasteiger partial charge >= 0.3 is 5.97 Å². The molecule has 3 rings (SSSR count). The van der Waals surface area contributed by atoms with Crippen LogP contribution in [0.4, 0.5) is 0 Å². The van der Waals surface area contributed by atoms with Gasteiger partial charge in [0.25, 0.3) is 5.91 Å². The second-order valence-electron chi connectivity index (χ2n) is 5.54. The molecule has 2 heterocycles. The third-order valence-corrected chi connectivity index (χ3v) is 4.05. The molecule has 1 aliphatic heterocycles. The minimum absolute atomic E-state index is 0.0119. The Bertz CT molecular complexity index is 678. The van der Waals surface area contributed by atoms with Crippen LogP contribution < -0.4 is 0 Å². The highest BCUT2D eigenvalue weighted by atomic mass is 16.4. The van der Waals surface area contributed by atoms with E-state index >= 15 is 0 Å². The van der Waals surface area contributed by atoms with Crippen molar-refractivity contribution in [3.63, 3.8) is 0 Å². The number of hydrogen-bond acceptors (Lipinski definition) is 2. The van der Waals surface area contributed by atoms with Gasteiger partial charge in [0.05, 0.1) is 6.42 Å². The van der Waals surface area contributed by atoms with E-state index in [0.717, 1.165) is 24.1 Å². The van der Waals surface area contributed by atoms with Crippen LogP contribution in [0.1, 0.15) is 29.8 Å². The lowest BCUT2D eigenvalue weighted by atomic mass is 10.1. The third-order valence-electron chi connectivity index (χ3n) is 4.05. The molecule has 1 aromatic heterocycles. The molecule has 5 heteroatoms. The van der Waals surface area contributed by atoms with Gasteiger partial charge in [0, 0.05) is 18.3 Å². The van der Waals surface area contributed by atoms with Crippen LogP contribution in [0, 0.1) is 0 Å². The molecule has 0 radical (unpaired) electrons. The van der Waals surface area contributed by atoms with Crippen molar-refractivity contribution >= 4 is 11.9 Å². The van der Waals surface area contributed by atoms with E-state index in [1.807, 2.05) is 36.4 Å². The lowest BCUT2D eigenvalue weighted by Crippen LogP contribution is -2.37. The first-order chi connectivity index (χ1) is 10.6. The molecule has 0 bridgehead atoms. The van der Waals surface area contributed by atoms with Gasteiger partial charge in [-0.1, -0.05) is 30.3 Å². The summed E-state index contributed by atoms with van der Waals surface area (Å²) in [6.07, 6.45) is 1.62. The number of aromatic nitrogens is 1. The molecule has 5 nitrogen and oxygen atoms in total. The lowest BCUT2D eigenvalue weighted by molar-refractivity contribution is -0.137. The molecule has 1 saturated heterocycles. The predicted molar refractivity (Wildman–Crippen MR) is 82.5 cm³/mol. The number of amides is 1. The summed E-state index contributed by atoms with van der Waals surface area (Å²) in [4.78, 5) is 28.3. The number of aromatic amines is 1. The Hall–Kier alpha value is -2.56. The molecule has 22 heavy (non-hydrogen) atoms. The summed E-state index contributed by atoms with van der Waals surface area (Å²) in [6.45, 7) is 0.621. The van der Waals surface area contributed by atoms with Crippen molar-refractivity contribution in [1.29, 1.82) is 0 Å². The summed E-state index contributed by atoms with van der Waals surface area (Å²) in [6, 6.07) is 13.2. The van der Waals surface area contributed by atoms with Crippen LogP contribution >= 0.6 is 0 Å². The van der Waals surface area contributed by atoms with Crippen LogP contribution in [0.5, 0.6) is 0 Å². The van der Waals surface area contributed by atoms with Crippen molar-refractivity contribution in [3.8, 4) is 11.3 Å². The Kier molecular flexibility index (Phi) is 3.96. The van der Waals surface area contributed by atoms with E-state index in [2.05, 4.69) is 4.98 Å². The predicted octanol–water partition coefficient (Wildman–Crippen LogP) is 2.76. The topological polar surface area (TPSA) is 73.4 Å². The van der Waals surface area contributed by atoms with Crippen LogP contribution in [-0.4, -0.2) is 39.5 Å². The van der Waals surface area contributed by atoms with E-state index in [0.29, 0.717) is 12.2 Å². The van der Waals surface area contributed by atoms with Crippen molar-refractivity contribution in [2.45, 2.75) is 25.3 Å². The molecule has 1 aromatic carbocycles. The van der Waals surface area contributed by atoms with Crippen LogP contribution in [-0.2, 0) is 4.79 Å². The van der Waals surface area contributed by atoms with Crippen LogP contribution in [0.3, 0.4) is 0 Å². The number of nitrogens with zero attached hydrogens (tertiary/aromatic N) is 1. The number of carbonyl (C=O) groups is 2. The quantitative estimate of drug-likeness (QED) is 0.911. The smallest absolute Gasteiger partial charge is 0.305 e. The van der Waals surface area contributed by atoms with Gasteiger partial charge < -0.3 is 15.0 Å². The van der Waals surface area contributed by atoms with E-state index in [4.69, 9.17) is 5.11 Å². The molecule has 1 amide bonds. The van der Waals surface area contributed by atoms with Gasteiger partial charge in [-0.15, -0.1) is 0 Å². The van der Waals surface area contributed by atoms with Crippen LogP contribution in [0.15, 0.2) is 42.5 Å². The fourth-order valence-corrected chi connectivity index (χ4v) is 2.98. The Labute approximate surface area is 128 Å². The summed E-state index contributed by atoms with van der Waals surface area (Å²) in [7, 11) is 0. The SMILES string of the molecule is O=C(O)CC1CCCN1C(=O)c1ccc(-c2ccccc2)[nH]1. The molecular weight excluding hydrogens is 280 g/mol. The van der Waals surface area contributed by atoms with E-state index < -0.39 is 5.97 Å². The molecule has 114 valence electrons. The minimum Gasteiger partial charge on any atom is -0.481 e. The highest BCUT2D eigenvalue weighted by Crippen LogP contribution is 2.24. The summed E-state index contributed by atoms with van der Waals surface area (Å²) < 4.78 is 0. The average Bonchev–Trinajstić information content (AvgIpc) is 3.16. The molecule has 2 N–H and O–H groups in total. The van der Waals surface area contributed by atoms with Crippen molar-refractivity contribution < 1.29 is 14.7 Å². The van der Waals surface area contributed by atoms with Crippen molar-refractivity contribution in [1.82, 2.24) is 9.88 Å². The molecule has 0 spiro atoms. The summed E-state index contributed by atoms with van der Waals surface area (Å²) in [5.74, 6) is -0.980. The maximum atomic E-state index is 12.6. The maximum absolute atomic E-state index is 12.6. The van der Waals surface area contributed by atoms with Crippen molar-refractivity contribution in [2.75, 3.05) is 6.54 Å². The second-order valence-corrected chi connectivity index (χ2v) is 5.54. The number of carboxylic acid groups (broad SMARTS) is 1. The number of benzene rings is 1. The third kappa shape index (κ3) is 2.88. The molecular formula is C17H18N2O3. The van der Waals surface area contributed by atoms with Crippen molar-refractivity contribution in [3.05, 3.63) is 48.2 Å². The van der Waals surface area contributed by atoms with Gasteiger partial charge in [0.1, 0.15) is 5.69 Å². The number of rotatable bonds is 4. The van der Waals surface area contributed by atoms with Gasteiger partial charge in [-0.05, 0) is 30.5 Å². The minimum atomic E-state index is -0.860. The summed E-state index contributed by atoms with van der Waals surface area (Å²) in [5, 5.41) is 8.95. The molecule has 1 aliphatic rings. The highest BCUT2D eigenvalue weighted by molar-refractivity contribution is 5.94. The zero-order valence-corrected chi connectivity index (χ0v) is 12.2. The van der Waals surface area contributed by atoms with Crippen molar-refractivity contribution in [2.24, 2.45) is 0 Å². The fraction of sp³-hybridized carbons (Fsp3) is 0.294. The first-order valence-electron chi connectivity index (χ1n) is 7.42. The number of carboxylic acids is 1. The van der Waals surface area contributed by atoms with Gasteiger partial charge in [0.15, 0.2) is 0 Å². The van der Waals surface area contributed by atoms with Crippen LogP contribution in [0.2, 0.25) is 0 Å². The summed E-state index contributed by atoms with van der Waals surface area (Å²) in [5.41, 5.74) is 2.42. The molecule has 1 fully saturated rings. The Morgan fingerprint density at radius 2 is 1.95 bits per heavy atom. The lowest BCUT2D eigenvalue weighted by Gasteiger charge is -2.22. The monoisotopic (exact) mass is 298 g/mol. The number of aliphatic carboxylic acids is 1.